The van der Waals surface area contributed by atoms with E-state index in [1.165, 1.54) is 0 Å². The number of pyridine rings is 1. The van der Waals surface area contributed by atoms with Gasteiger partial charge in [0.15, 0.2) is 0 Å². The summed E-state index contributed by atoms with van der Waals surface area (Å²) in [6, 6.07) is 12.9. The Morgan fingerprint density at radius 2 is 2.08 bits per heavy atom. The van der Waals surface area contributed by atoms with Gasteiger partial charge in [0.05, 0.1) is 23.9 Å². The van der Waals surface area contributed by atoms with Crippen LogP contribution >= 0.6 is 11.6 Å². The molecule has 0 fully saturated rings. The van der Waals surface area contributed by atoms with Crippen molar-refractivity contribution in [3.05, 3.63) is 64.8 Å². The number of hydrogen-bond donors (Lipinski definition) is 1. The maximum absolute atomic E-state index is 10.2. The summed E-state index contributed by atoms with van der Waals surface area (Å²) in [5.41, 5.74) is 2.45. The van der Waals surface area contributed by atoms with Gasteiger partial charge in [-0.25, -0.2) is 14.8 Å². The summed E-state index contributed by atoms with van der Waals surface area (Å²) in [6.07, 6.45) is -1.22. The fraction of sp³-hybridized carbons (Fsp3) is 0.222. The van der Waals surface area contributed by atoms with E-state index in [0.29, 0.717) is 23.4 Å². The Hall–Kier alpha value is -2.23. The first-order valence-electron chi connectivity index (χ1n) is 7.34. The lowest BCUT2D eigenvalue weighted by molar-refractivity contribution is -0.300. The minimum Gasteiger partial charge on any atom is -0.383 e. The molecule has 1 N–H and O–H groups in total. The van der Waals surface area contributed by atoms with Gasteiger partial charge < -0.3 is 5.11 Å². The van der Waals surface area contributed by atoms with E-state index < -0.39 is 6.10 Å². The van der Waals surface area contributed by atoms with Crippen molar-refractivity contribution in [1.29, 1.82) is 5.26 Å². The summed E-state index contributed by atoms with van der Waals surface area (Å²) in [6.45, 7) is 5.86. The molecule has 2 aromatic rings. The number of aliphatic hydroxyl groups is 1. The molecular formula is C18H17ClN2O3. The monoisotopic (exact) mass is 344 g/mol. The SMILES string of the molecule is C=C(C#N)C(O)c1cc(COOCC)c(-c2ccccc2)nc1Cl. The Morgan fingerprint density at radius 1 is 1.38 bits per heavy atom. The van der Waals surface area contributed by atoms with Crippen LogP contribution < -0.4 is 0 Å². The molecule has 1 aromatic heterocycles. The molecule has 1 atom stereocenters. The lowest BCUT2D eigenvalue weighted by atomic mass is 10.00. The molecule has 0 saturated heterocycles. The van der Waals surface area contributed by atoms with Gasteiger partial charge in [-0.05, 0) is 13.0 Å². The Kier molecular flexibility index (Phi) is 6.47. The topological polar surface area (TPSA) is 75.4 Å². The van der Waals surface area contributed by atoms with Crippen LogP contribution in [-0.4, -0.2) is 16.7 Å². The number of hydrogen-bond acceptors (Lipinski definition) is 5. The van der Waals surface area contributed by atoms with Gasteiger partial charge in [-0.1, -0.05) is 48.5 Å². The Morgan fingerprint density at radius 3 is 2.71 bits per heavy atom. The van der Waals surface area contributed by atoms with Gasteiger partial charge in [-0.3, -0.25) is 0 Å². The van der Waals surface area contributed by atoms with E-state index in [0.717, 1.165) is 5.56 Å². The average Bonchev–Trinajstić information content (AvgIpc) is 2.62. The molecule has 0 aliphatic heterocycles. The number of nitriles is 1. The molecule has 0 radical (unpaired) electrons. The molecule has 0 amide bonds. The largest absolute Gasteiger partial charge is 0.383 e. The first-order chi connectivity index (χ1) is 11.6. The molecule has 1 heterocycles. The maximum atomic E-state index is 10.2. The smallest absolute Gasteiger partial charge is 0.135 e. The molecule has 1 unspecified atom stereocenters. The molecule has 124 valence electrons. The molecule has 2 rings (SSSR count). The quantitative estimate of drug-likeness (QED) is 0.270. The van der Waals surface area contributed by atoms with E-state index in [2.05, 4.69) is 11.6 Å². The molecular weight excluding hydrogens is 328 g/mol. The molecule has 0 aliphatic carbocycles. The summed E-state index contributed by atoms with van der Waals surface area (Å²) < 4.78 is 0. The second-order valence-electron chi connectivity index (χ2n) is 4.95. The lowest BCUT2D eigenvalue weighted by Crippen LogP contribution is -2.06. The van der Waals surface area contributed by atoms with Crippen molar-refractivity contribution in [1.82, 2.24) is 4.98 Å². The van der Waals surface area contributed by atoms with E-state index >= 15 is 0 Å². The zero-order valence-corrected chi connectivity index (χ0v) is 14.0. The standard InChI is InChI=1S/C18H17ClN2O3/c1-3-23-24-11-14-9-15(17(22)12(2)10-20)18(19)21-16(14)13-7-5-4-6-8-13/h4-9,17,22H,2-3,11H2,1H3. The Balaban J connectivity index is 2.49. The van der Waals surface area contributed by atoms with Gasteiger partial charge in [-0.15, -0.1) is 0 Å². The first-order valence-corrected chi connectivity index (χ1v) is 7.72. The first kappa shape index (κ1) is 18.1. The molecule has 5 nitrogen and oxygen atoms in total. The molecule has 24 heavy (non-hydrogen) atoms. The minimum absolute atomic E-state index is 0.0113. The summed E-state index contributed by atoms with van der Waals surface area (Å²) in [5.74, 6) is 0. The average molecular weight is 345 g/mol. The molecule has 1 aromatic carbocycles. The van der Waals surface area contributed by atoms with Crippen molar-refractivity contribution in [3.63, 3.8) is 0 Å². The van der Waals surface area contributed by atoms with Gasteiger partial charge in [0.1, 0.15) is 17.9 Å². The second kappa shape index (κ2) is 8.57. The van der Waals surface area contributed by atoms with Crippen LogP contribution in [0.4, 0.5) is 0 Å². The van der Waals surface area contributed by atoms with E-state index in [9.17, 15) is 5.11 Å². The van der Waals surface area contributed by atoms with Crippen LogP contribution in [-0.2, 0) is 16.4 Å². The highest BCUT2D eigenvalue weighted by Gasteiger charge is 2.20. The third-order valence-corrected chi connectivity index (χ3v) is 3.62. The Bertz CT molecular complexity index is 757. The predicted molar refractivity (Wildman–Crippen MR) is 90.8 cm³/mol. The van der Waals surface area contributed by atoms with Crippen LogP contribution in [0.1, 0.15) is 24.2 Å². The van der Waals surface area contributed by atoms with Gasteiger partial charge in [0.25, 0.3) is 0 Å². The van der Waals surface area contributed by atoms with E-state index in [4.69, 9.17) is 26.6 Å². The second-order valence-corrected chi connectivity index (χ2v) is 5.31. The fourth-order valence-electron chi connectivity index (χ4n) is 2.14. The minimum atomic E-state index is -1.22. The van der Waals surface area contributed by atoms with E-state index in [1.807, 2.05) is 43.3 Å². The van der Waals surface area contributed by atoms with Crippen LogP contribution in [0.15, 0.2) is 48.6 Å². The van der Waals surface area contributed by atoms with Crippen LogP contribution in [0.2, 0.25) is 5.15 Å². The van der Waals surface area contributed by atoms with Gasteiger partial charge in [-0.2, -0.15) is 5.26 Å². The molecule has 6 heteroatoms. The fourth-order valence-corrected chi connectivity index (χ4v) is 2.38. The number of aromatic nitrogens is 1. The number of nitrogens with zero attached hydrogens (tertiary/aromatic N) is 2. The lowest BCUT2D eigenvalue weighted by Gasteiger charge is -2.16. The number of aliphatic hydroxyl groups excluding tert-OH is 1. The van der Waals surface area contributed by atoms with Crippen molar-refractivity contribution >= 4 is 11.6 Å². The van der Waals surface area contributed by atoms with Crippen molar-refractivity contribution < 1.29 is 14.9 Å². The van der Waals surface area contributed by atoms with Gasteiger partial charge >= 0.3 is 0 Å². The van der Waals surface area contributed by atoms with Crippen LogP contribution in [0.5, 0.6) is 0 Å². The van der Waals surface area contributed by atoms with Crippen molar-refractivity contribution in [2.75, 3.05) is 6.61 Å². The summed E-state index contributed by atoms with van der Waals surface area (Å²) >= 11 is 6.21. The molecule has 0 aliphatic rings. The van der Waals surface area contributed by atoms with Crippen molar-refractivity contribution in [2.45, 2.75) is 19.6 Å². The highest BCUT2D eigenvalue weighted by molar-refractivity contribution is 6.30. The summed E-state index contributed by atoms with van der Waals surface area (Å²) in [4.78, 5) is 14.5. The van der Waals surface area contributed by atoms with Gasteiger partial charge in [0, 0.05) is 16.7 Å². The molecule has 0 saturated carbocycles. The third-order valence-electron chi connectivity index (χ3n) is 3.31. The summed E-state index contributed by atoms with van der Waals surface area (Å²) in [7, 11) is 0. The third kappa shape index (κ3) is 4.19. The molecule has 0 spiro atoms. The van der Waals surface area contributed by atoms with E-state index in [-0.39, 0.29) is 17.3 Å². The van der Waals surface area contributed by atoms with Gasteiger partial charge in [0.2, 0.25) is 0 Å². The molecule has 0 bridgehead atoms. The van der Waals surface area contributed by atoms with Crippen LogP contribution in [0.3, 0.4) is 0 Å². The summed E-state index contributed by atoms with van der Waals surface area (Å²) in [5, 5.41) is 19.2. The normalized spacial score (nSPS) is 11.8. The zero-order valence-electron chi connectivity index (χ0n) is 13.2. The number of halogens is 1. The number of benzene rings is 1. The maximum Gasteiger partial charge on any atom is 0.135 e. The van der Waals surface area contributed by atoms with Crippen LogP contribution in [0.25, 0.3) is 11.3 Å². The van der Waals surface area contributed by atoms with E-state index in [1.54, 1.807) is 6.07 Å². The number of rotatable bonds is 7. The van der Waals surface area contributed by atoms with Crippen molar-refractivity contribution in [3.8, 4) is 17.3 Å². The van der Waals surface area contributed by atoms with Crippen LogP contribution in [0, 0.1) is 11.3 Å². The zero-order chi connectivity index (χ0) is 17.5. The Labute approximate surface area is 145 Å². The highest BCUT2D eigenvalue weighted by atomic mass is 35.5. The predicted octanol–water partition coefficient (Wildman–Crippen LogP) is 3.98. The van der Waals surface area contributed by atoms with Crippen molar-refractivity contribution in [2.24, 2.45) is 0 Å². The highest BCUT2D eigenvalue weighted by Crippen LogP contribution is 2.32.